The van der Waals surface area contributed by atoms with E-state index < -0.39 is 0 Å². The number of carbonyl (C=O) groups excluding carboxylic acids is 1. The Labute approximate surface area is 304 Å². The maximum absolute atomic E-state index is 12.8. The van der Waals surface area contributed by atoms with Crippen molar-refractivity contribution < 1.29 is 9.53 Å². The predicted molar refractivity (Wildman–Crippen MR) is 211 cm³/mol. The molecule has 2 heteroatoms. The normalized spacial score (nSPS) is 32.1. The fourth-order valence-corrected chi connectivity index (χ4v) is 11.2. The minimum Gasteiger partial charge on any atom is -0.462 e. The molecule has 3 fully saturated rings. The zero-order valence-corrected chi connectivity index (χ0v) is 33.2. The number of hydrogen-bond donors (Lipinski definition) is 0. The van der Waals surface area contributed by atoms with Crippen LogP contribution in [0, 0.1) is 46.3 Å². The molecule has 2 nitrogen and oxygen atoms in total. The van der Waals surface area contributed by atoms with Gasteiger partial charge < -0.3 is 4.74 Å². The molecule has 0 aromatic heterocycles. The Balaban J connectivity index is 1.12. The van der Waals surface area contributed by atoms with Crippen LogP contribution in [0.5, 0.6) is 0 Å². The van der Waals surface area contributed by atoms with Crippen LogP contribution in [-0.4, -0.2) is 12.1 Å². The predicted octanol–water partition coefficient (Wildman–Crippen LogP) is 14.3. The van der Waals surface area contributed by atoms with Crippen molar-refractivity contribution in [3.63, 3.8) is 0 Å². The van der Waals surface area contributed by atoms with E-state index in [0.717, 1.165) is 74.0 Å². The lowest BCUT2D eigenvalue weighted by Crippen LogP contribution is -2.51. The smallest absolute Gasteiger partial charge is 0.306 e. The third-order valence-corrected chi connectivity index (χ3v) is 14.1. The molecule has 4 aliphatic rings. The van der Waals surface area contributed by atoms with Gasteiger partial charge in [0.2, 0.25) is 0 Å². The van der Waals surface area contributed by atoms with Gasteiger partial charge in [0, 0.05) is 12.8 Å². The van der Waals surface area contributed by atoms with Crippen molar-refractivity contribution >= 4 is 5.97 Å². The van der Waals surface area contributed by atoms with Crippen LogP contribution in [0.3, 0.4) is 0 Å². The van der Waals surface area contributed by atoms with Gasteiger partial charge >= 0.3 is 5.97 Å². The molecule has 0 radical (unpaired) electrons. The first-order valence-corrected chi connectivity index (χ1v) is 21.5. The lowest BCUT2D eigenvalue weighted by molar-refractivity contribution is -0.151. The van der Waals surface area contributed by atoms with Gasteiger partial charge in [-0.2, -0.15) is 0 Å². The van der Waals surface area contributed by atoms with Crippen LogP contribution in [0.15, 0.2) is 48.1 Å². The maximum atomic E-state index is 12.8. The molecule has 0 spiro atoms. The van der Waals surface area contributed by atoms with Crippen molar-refractivity contribution in [1.29, 1.82) is 0 Å². The summed E-state index contributed by atoms with van der Waals surface area (Å²) in [6.07, 6.45) is 44.7. The summed E-state index contributed by atoms with van der Waals surface area (Å²) in [4.78, 5) is 12.8. The molecule has 0 aliphatic heterocycles. The summed E-state index contributed by atoms with van der Waals surface area (Å²) in [7, 11) is 0. The summed E-state index contributed by atoms with van der Waals surface area (Å²) < 4.78 is 6.10. The lowest BCUT2D eigenvalue weighted by Gasteiger charge is -2.58. The highest BCUT2D eigenvalue weighted by Gasteiger charge is 2.59. The highest BCUT2D eigenvalue weighted by atomic mass is 16.5. The highest BCUT2D eigenvalue weighted by molar-refractivity contribution is 5.69. The molecule has 8 atom stereocenters. The number of esters is 1. The number of hydrogen-bond acceptors (Lipinski definition) is 2. The van der Waals surface area contributed by atoms with Gasteiger partial charge in [-0.25, -0.2) is 0 Å². The number of fused-ring (bicyclic) bond motifs is 5. The summed E-state index contributed by atoms with van der Waals surface area (Å²) in [5.41, 5.74) is 2.49. The van der Waals surface area contributed by atoms with Crippen molar-refractivity contribution in [3.05, 3.63) is 48.1 Å². The van der Waals surface area contributed by atoms with E-state index in [1.54, 1.807) is 5.57 Å². The summed E-state index contributed by atoms with van der Waals surface area (Å²) >= 11 is 0. The minimum atomic E-state index is 0.0110. The molecule has 49 heavy (non-hydrogen) atoms. The average Bonchev–Trinajstić information content (AvgIpc) is 3.43. The third kappa shape index (κ3) is 11.5. The van der Waals surface area contributed by atoms with Crippen molar-refractivity contribution in [3.8, 4) is 0 Å². The summed E-state index contributed by atoms with van der Waals surface area (Å²) in [6.45, 7) is 14.9. The first-order chi connectivity index (χ1) is 23.7. The Morgan fingerprint density at radius 2 is 1.49 bits per heavy atom. The number of allylic oxidation sites excluding steroid dienone is 7. The van der Waals surface area contributed by atoms with Gasteiger partial charge in [0.1, 0.15) is 6.10 Å². The van der Waals surface area contributed by atoms with E-state index in [1.165, 1.54) is 103 Å². The monoisotopic (exact) mass is 675 g/mol. The molecule has 0 N–H and O–H groups in total. The van der Waals surface area contributed by atoms with Gasteiger partial charge in [-0.1, -0.05) is 141 Å². The molecule has 0 aromatic carbocycles. The number of unbranched alkanes of at least 4 members (excludes halogenated alkanes) is 7. The molecule has 4 aliphatic carbocycles. The van der Waals surface area contributed by atoms with E-state index >= 15 is 0 Å². The highest BCUT2D eigenvalue weighted by Crippen LogP contribution is 2.67. The first kappa shape index (κ1) is 40.2. The number of carbonyl (C=O) groups is 1. The Morgan fingerprint density at radius 3 is 2.22 bits per heavy atom. The maximum Gasteiger partial charge on any atom is 0.306 e. The molecule has 0 aromatic rings. The second-order valence-electron chi connectivity index (χ2n) is 18.0. The van der Waals surface area contributed by atoms with Crippen LogP contribution < -0.4 is 0 Å². The van der Waals surface area contributed by atoms with Gasteiger partial charge in [0.15, 0.2) is 0 Å². The van der Waals surface area contributed by atoms with E-state index in [1.807, 2.05) is 0 Å². The van der Waals surface area contributed by atoms with E-state index in [4.69, 9.17) is 4.74 Å². The van der Waals surface area contributed by atoms with Crippen LogP contribution >= 0.6 is 0 Å². The summed E-state index contributed by atoms with van der Waals surface area (Å²) in [5.74, 6) is 5.22. The third-order valence-electron chi connectivity index (χ3n) is 14.1. The second-order valence-corrected chi connectivity index (χ2v) is 18.0. The standard InChI is InChI=1S/C47H78O2/c1-7-8-9-10-11-12-13-14-15-16-17-18-19-20-21-22-23-27-45(48)49-40-32-34-46(5)39(36-40)28-29-41-43-31-30-42(38(4)26-24-25-37(2)3)47(43,6)35-33-44(41)46/h14-15,17-18,20-21,28,37-38,40-44H,7-13,16,19,22-27,29-36H2,1-6H3/t38-,40+,41?,42?,43?,44?,46+,47-/m1/s1. The fraction of sp³-hybridized carbons (Fsp3) is 0.809. The van der Waals surface area contributed by atoms with E-state index in [2.05, 4.69) is 84.1 Å². The molecule has 0 bridgehead atoms. The summed E-state index contributed by atoms with van der Waals surface area (Å²) in [5, 5.41) is 0. The van der Waals surface area contributed by atoms with E-state index in [9.17, 15) is 4.79 Å². The Hall–Kier alpha value is -1.57. The van der Waals surface area contributed by atoms with Crippen molar-refractivity contribution in [2.75, 3.05) is 0 Å². The van der Waals surface area contributed by atoms with Crippen LogP contribution in [0.2, 0.25) is 0 Å². The molecule has 278 valence electrons. The van der Waals surface area contributed by atoms with Gasteiger partial charge in [0.25, 0.3) is 0 Å². The van der Waals surface area contributed by atoms with E-state index in [-0.39, 0.29) is 12.1 Å². The quantitative estimate of drug-likeness (QED) is 0.0688. The SMILES string of the molecule is CCCCCCCCC=CCC=CCC=CCCCC(=O)O[C@H]1CC[C@@]2(C)C(=CCC3C4CCC([C@H](C)CCCC(C)C)[C@@]4(C)CCC32)C1. The molecule has 0 amide bonds. The van der Waals surface area contributed by atoms with Crippen molar-refractivity contribution in [1.82, 2.24) is 0 Å². The molecule has 0 saturated heterocycles. The number of rotatable bonds is 21. The fourth-order valence-electron chi connectivity index (χ4n) is 11.2. The Morgan fingerprint density at radius 1 is 0.796 bits per heavy atom. The van der Waals surface area contributed by atoms with Crippen LogP contribution in [-0.2, 0) is 9.53 Å². The molecule has 0 heterocycles. The minimum absolute atomic E-state index is 0.0110. The zero-order valence-electron chi connectivity index (χ0n) is 33.2. The molecular weight excluding hydrogens is 597 g/mol. The van der Waals surface area contributed by atoms with Crippen LogP contribution in [0.25, 0.3) is 0 Å². The topological polar surface area (TPSA) is 26.3 Å². The lowest BCUT2D eigenvalue weighted by atomic mass is 9.47. The molecule has 4 rings (SSSR count). The van der Waals surface area contributed by atoms with Gasteiger partial charge in [-0.05, 0) is 130 Å². The van der Waals surface area contributed by atoms with Crippen molar-refractivity contribution in [2.24, 2.45) is 46.3 Å². The molecule has 3 saturated carbocycles. The molecule has 4 unspecified atom stereocenters. The Kier molecular flexibility index (Phi) is 16.8. The van der Waals surface area contributed by atoms with Crippen LogP contribution in [0.1, 0.15) is 189 Å². The van der Waals surface area contributed by atoms with Crippen molar-refractivity contribution in [2.45, 2.75) is 195 Å². The first-order valence-electron chi connectivity index (χ1n) is 21.5. The second kappa shape index (κ2) is 20.5. The summed E-state index contributed by atoms with van der Waals surface area (Å²) in [6, 6.07) is 0. The van der Waals surface area contributed by atoms with Gasteiger partial charge in [-0.15, -0.1) is 0 Å². The van der Waals surface area contributed by atoms with E-state index in [0.29, 0.717) is 17.3 Å². The van der Waals surface area contributed by atoms with Crippen LogP contribution in [0.4, 0.5) is 0 Å². The Bertz CT molecular complexity index is 1090. The molecular formula is C47H78O2. The number of ether oxygens (including phenoxy) is 1. The average molecular weight is 675 g/mol. The zero-order chi connectivity index (χ0) is 35.1. The van der Waals surface area contributed by atoms with Gasteiger partial charge in [-0.3, -0.25) is 4.79 Å². The largest absolute Gasteiger partial charge is 0.462 e. The van der Waals surface area contributed by atoms with Gasteiger partial charge in [0.05, 0.1) is 0 Å².